The number of hydrogen-bond donors (Lipinski definition) is 3. The van der Waals surface area contributed by atoms with E-state index in [1.54, 1.807) is 0 Å². The summed E-state index contributed by atoms with van der Waals surface area (Å²) in [6.45, 7) is 2.98. The van der Waals surface area contributed by atoms with Gasteiger partial charge in [-0.3, -0.25) is 9.59 Å². The predicted molar refractivity (Wildman–Crippen MR) is 84.8 cm³/mol. The summed E-state index contributed by atoms with van der Waals surface area (Å²) in [5.41, 5.74) is 12.3. The Kier molecular flexibility index (Phi) is 3.43. The van der Waals surface area contributed by atoms with Crippen LogP contribution in [-0.4, -0.2) is 18.2 Å². The van der Waals surface area contributed by atoms with E-state index in [0.29, 0.717) is 15.3 Å². The Morgan fingerprint density at radius 2 is 2.05 bits per heavy atom. The average Bonchev–Trinajstić information content (AvgIpc) is 3.34. The molecule has 2 saturated carbocycles. The molecule has 1 aromatic heterocycles. The van der Waals surface area contributed by atoms with Gasteiger partial charge in [0.1, 0.15) is 5.00 Å². The van der Waals surface area contributed by atoms with Crippen LogP contribution in [0.2, 0.25) is 0 Å². The molecule has 114 valence electrons. The highest BCUT2D eigenvalue weighted by molar-refractivity contribution is 7.19. The normalized spacial score (nSPS) is 19.3. The zero-order chi connectivity index (χ0) is 15.2. The Labute approximate surface area is 128 Å². The number of amides is 1. The molecule has 3 rings (SSSR count). The molecule has 0 radical (unpaired) electrons. The molecule has 6 heteroatoms. The highest BCUT2D eigenvalue weighted by atomic mass is 32.1. The summed E-state index contributed by atoms with van der Waals surface area (Å²) in [4.78, 5) is 24.4. The molecule has 0 atom stereocenters. The third-order valence-corrected chi connectivity index (χ3v) is 5.87. The van der Waals surface area contributed by atoms with Gasteiger partial charge < -0.3 is 16.8 Å². The summed E-state index contributed by atoms with van der Waals surface area (Å²) < 4.78 is 0. The molecule has 21 heavy (non-hydrogen) atoms. The van der Waals surface area contributed by atoms with E-state index >= 15 is 0 Å². The second-order valence-electron chi connectivity index (χ2n) is 6.26. The third kappa shape index (κ3) is 2.64. The Hall–Kier alpha value is -1.56. The van der Waals surface area contributed by atoms with Gasteiger partial charge in [-0.05, 0) is 37.5 Å². The van der Waals surface area contributed by atoms with Crippen LogP contribution in [-0.2, 0) is 0 Å². The van der Waals surface area contributed by atoms with E-state index in [-0.39, 0.29) is 23.0 Å². The number of rotatable bonds is 7. The Morgan fingerprint density at radius 3 is 2.52 bits per heavy atom. The fraction of sp³-hybridized carbons (Fsp3) is 0.600. The van der Waals surface area contributed by atoms with Crippen LogP contribution >= 0.6 is 11.3 Å². The zero-order valence-electron chi connectivity index (χ0n) is 12.2. The predicted octanol–water partition coefficient (Wildman–Crippen LogP) is 2.62. The van der Waals surface area contributed by atoms with Crippen LogP contribution in [0.5, 0.6) is 0 Å². The molecule has 2 fully saturated rings. The molecule has 0 aliphatic heterocycles. The third-order valence-electron chi connectivity index (χ3n) is 4.69. The van der Waals surface area contributed by atoms with Crippen molar-refractivity contribution in [3.63, 3.8) is 0 Å². The molecule has 1 amide bonds. The van der Waals surface area contributed by atoms with Crippen molar-refractivity contribution in [1.29, 1.82) is 0 Å². The molecule has 0 unspecified atom stereocenters. The fourth-order valence-corrected chi connectivity index (χ4v) is 3.77. The average molecular weight is 307 g/mol. The van der Waals surface area contributed by atoms with Gasteiger partial charge in [-0.2, -0.15) is 0 Å². The lowest BCUT2D eigenvalue weighted by molar-refractivity contribution is 0.0972. The molecule has 0 aromatic carbocycles. The zero-order valence-corrected chi connectivity index (χ0v) is 13.0. The largest absolute Gasteiger partial charge is 0.397 e. The first-order valence-corrected chi connectivity index (χ1v) is 8.29. The number of primary amides is 1. The van der Waals surface area contributed by atoms with Crippen LogP contribution in [0.1, 0.15) is 59.1 Å². The number of carbonyl (C=O) groups excluding carboxylic acids is 2. The van der Waals surface area contributed by atoms with E-state index < -0.39 is 5.91 Å². The number of anilines is 2. The van der Waals surface area contributed by atoms with Crippen molar-refractivity contribution in [2.24, 2.45) is 17.1 Å². The van der Waals surface area contributed by atoms with Crippen LogP contribution in [0.15, 0.2) is 0 Å². The Balaban J connectivity index is 1.85. The highest BCUT2D eigenvalue weighted by Gasteiger charge is 2.41. The van der Waals surface area contributed by atoms with Crippen molar-refractivity contribution in [3.8, 4) is 0 Å². The highest BCUT2D eigenvalue weighted by Crippen LogP contribution is 2.49. The molecular weight excluding hydrogens is 286 g/mol. The van der Waals surface area contributed by atoms with Crippen molar-refractivity contribution >= 4 is 33.7 Å². The van der Waals surface area contributed by atoms with Crippen LogP contribution in [0.4, 0.5) is 10.7 Å². The number of hydrogen-bond acceptors (Lipinski definition) is 5. The second-order valence-corrected chi connectivity index (χ2v) is 7.28. The molecule has 0 saturated heterocycles. The van der Waals surface area contributed by atoms with E-state index in [9.17, 15) is 9.59 Å². The summed E-state index contributed by atoms with van der Waals surface area (Å²) in [5.74, 6) is -0.419. The van der Waals surface area contributed by atoms with E-state index in [4.69, 9.17) is 11.5 Å². The molecule has 2 aliphatic rings. The molecule has 2 aliphatic carbocycles. The number of carbonyl (C=O) groups is 2. The minimum atomic E-state index is -0.567. The first-order valence-electron chi connectivity index (χ1n) is 7.47. The summed E-state index contributed by atoms with van der Waals surface area (Å²) in [7, 11) is 0. The van der Waals surface area contributed by atoms with Gasteiger partial charge in [0.15, 0.2) is 5.78 Å². The first kappa shape index (κ1) is 14.4. The van der Waals surface area contributed by atoms with Crippen molar-refractivity contribution in [2.45, 2.75) is 39.0 Å². The molecule has 1 heterocycles. The summed E-state index contributed by atoms with van der Waals surface area (Å²) in [5, 5.41) is 3.97. The van der Waals surface area contributed by atoms with Crippen molar-refractivity contribution in [3.05, 3.63) is 10.4 Å². The fourth-order valence-electron chi connectivity index (χ4n) is 2.63. The molecule has 0 spiro atoms. The van der Waals surface area contributed by atoms with Gasteiger partial charge in [-0.1, -0.05) is 6.92 Å². The summed E-state index contributed by atoms with van der Waals surface area (Å²) in [6.07, 6.45) is 5.36. The second kappa shape index (κ2) is 5.02. The Morgan fingerprint density at radius 1 is 1.38 bits per heavy atom. The minimum Gasteiger partial charge on any atom is -0.397 e. The lowest BCUT2D eigenvalue weighted by atomic mass is 10.0. The lowest BCUT2D eigenvalue weighted by Crippen LogP contribution is -2.18. The van der Waals surface area contributed by atoms with Crippen LogP contribution in [0.3, 0.4) is 0 Å². The standard InChI is InChI=1S/C15H21N3O2S/c1-2-15(5-6-15)7-18-14-9(13(17)20)10(16)12(21-14)11(19)8-3-4-8/h8,18H,2-7,16H2,1H3,(H2,17,20). The van der Waals surface area contributed by atoms with Gasteiger partial charge in [-0.25, -0.2) is 0 Å². The first-order chi connectivity index (χ1) is 9.97. The topological polar surface area (TPSA) is 98.2 Å². The summed E-state index contributed by atoms with van der Waals surface area (Å²) in [6, 6.07) is 0. The number of Topliss-reactive ketones (excluding diaryl/α,β-unsaturated/α-hetero) is 1. The minimum absolute atomic E-state index is 0.0599. The molecule has 5 nitrogen and oxygen atoms in total. The van der Waals surface area contributed by atoms with Crippen molar-refractivity contribution < 1.29 is 9.59 Å². The number of nitrogens with one attached hydrogen (secondary N) is 1. The smallest absolute Gasteiger partial charge is 0.253 e. The molecule has 1 aromatic rings. The number of ketones is 1. The van der Waals surface area contributed by atoms with Gasteiger partial charge in [0, 0.05) is 12.5 Å². The van der Waals surface area contributed by atoms with Crippen LogP contribution in [0.25, 0.3) is 0 Å². The lowest BCUT2D eigenvalue weighted by Gasteiger charge is -2.13. The Bertz CT molecular complexity index is 600. The number of nitrogen functional groups attached to an aromatic ring is 1. The molecular formula is C15H21N3O2S. The van der Waals surface area contributed by atoms with Crippen molar-refractivity contribution in [1.82, 2.24) is 0 Å². The van der Waals surface area contributed by atoms with E-state index in [1.165, 1.54) is 24.2 Å². The van der Waals surface area contributed by atoms with E-state index in [1.807, 2.05) is 0 Å². The van der Waals surface area contributed by atoms with Gasteiger partial charge in [0.2, 0.25) is 0 Å². The maximum Gasteiger partial charge on any atom is 0.253 e. The van der Waals surface area contributed by atoms with Gasteiger partial charge in [0.05, 0.1) is 16.1 Å². The molecule has 5 N–H and O–H groups in total. The monoisotopic (exact) mass is 307 g/mol. The SMILES string of the molecule is CCC1(CNc2sc(C(=O)C3CC3)c(N)c2C(N)=O)CC1. The van der Waals surface area contributed by atoms with E-state index in [0.717, 1.165) is 25.8 Å². The summed E-state index contributed by atoms with van der Waals surface area (Å²) >= 11 is 1.28. The van der Waals surface area contributed by atoms with Crippen LogP contribution in [0, 0.1) is 11.3 Å². The maximum atomic E-state index is 12.2. The number of nitrogens with two attached hydrogens (primary N) is 2. The van der Waals surface area contributed by atoms with Crippen molar-refractivity contribution in [2.75, 3.05) is 17.6 Å². The number of thiophene rings is 1. The van der Waals surface area contributed by atoms with Gasteiger partial charge >= 0.3 is 0 Å². The quantitative estimate of drug-likeness (QED) is 0.674. The van der Waals surface area contributed by atoms with Gasteiger partial charge in [0.25, 0.3) is 5.91 Å². The van der Waals surface area contributed by atoms with Crippen LogP contribution < -0.4 is 16.8 Å². The maximum absolute atomic E-state index is 12.2. The molecule has 0 bridgehead atoms. The van der Waals surface area contributed by atoms with E-state index in [2.05, 4.69) is 12.2 Å². The van der Waals surface area contributed by atoms with Gasteiger partial charge in [-0.15, -0.1) is 11.3 Å².